The van der Waals surface area contributed by atoms with Gasteiger partial charge in [-0.1, -0.05) is 16.8 Å². The zero-order valence-electron chi connectivity index (χ0n) is 9.73. The molecule has 7 heteroatoms. The van der Waals surface area contributed by atoms with Crippen LogP contribution in [0.4, 0.5) is 0 Å². The lowest BCUT2D eigenvalue weighted by atomic mass is 10.00. The molecule has 19 heavy (non-hydrogen) atoms. The van der Waals surface area contributed by atoms with E-state index in [0.717, 1.165) is 0 Å². The topological polar surface area (TPSA) is 75.3 Å². The highest BCUT2D eigenvalue weighted by Crippen LogP contribution is 2.29. The number of aliphatic imine (C=N–C) groups is 1. The van der Waals surface area contributed by atoms with Gasteiger partial charge >= 0.3 is 0 Å². The number of hydrogen-bond acceptors (Lipinski definition) is 5. The minimum absolute atomic E-state index is 0.519. The molecule has 0 radical (unpaired) electrons. The van der Waals surface area contributed by atoms with Gasteiger partial charge in [0.15, 0.2) is 5.72 Å². The predicted octanol–water partition coefficient (Wildman–Crippen LogP) is 1.21. The van der Waals surface area contributed by atoms with Crippen LogP contribution in [0.15, 0.2) is 47.9 Å². The van der Waals surface area contributed by atoms with Crippen molar-refractivity contribution in [3.05, 3.63) is 53.5 Å². The lowest BCUT2D eigenvalue weighted by Gasteiger charge is -2.28. The highest BCUT2D eigenvalue weighted by atomic mass is 35.5. The second-order valence-corrected chi connectivity index (χ2v) is 4.45. The summed E-state index contributed by atoms with van der Waals surface area (Å²) in [6.45, 7) is 0. The van der Waals surface area contributed by atoms with Crippen molar-refractivity contribution in [3.63, 3.8) is 0 Å². The van der Waals surface area contributed by atoms with Crippen molar-refractivity contribution >= 4 is 17.9 Å². The molecular weight excluding hydrogens is 266 g/mol. The van der Waals surface area contributed by atoms with E-state index in [0.29, 0.717) is 16.3 Å². The number of aromatic nitrogens is 3. The number of aliphatic hydroxyl groups is 1. The minimum atomic E-state index is -1.38. The highest BCUT2D eigenvalue weighted by Gasteiger charge is 2.30. The third kappa shape index (κ3) is 2.11. The fourth-order valence-electron chi connectivity index (χ4n) is 1.90. The molecule has 2 heterocycles. The van der Waals surface area contributed by atoms with Crippen molar-refractivity contribution in [2.45, 2.75) is 5.72 Å². The Kier molecular flexibility index (Phi) is 2.81. The van der Waals surface area contributed by atoms with Gasteiger partial charge in [0.05, 0.1) is 24.4 Å². The summed E-state index contributed by atoms with van der Waals surface area (Å²) in [6, 6.07) is 5.17. The first kappa shape index (κ1) is 11.9. The molecule has 0 bridgehead atoms. The van der Waals surface area contributed by atoms with Gasteiger partial charge in [0.1, 0.15) is 0 Å². The van der Waals surface area contributed by atoms with Crippen LogP contribution in [0.2, 0.25) is 5.02 Å². The fraction of sp³-hybridized carbons (Fsp3) is 0.0833. The second-order valence-electron chi connectivity index (χ2n) is 4.01. The lowest BCUT2D eigenvalue weighted by Crippen LogP contribution is -2.41. The Balaban J connectivity index is 2.17. The van der Waals surface area contributed by atoms with E-state index in [-0.39, 0.29) is 0 Å². The summed E-state index contributed by atoms with van der Waals surface area (Å²) in [4.78, 5) is 3.87. The van der Waals surface area contributed by atoms with Gasteiger partial charge in [-0.25, -0.2) is 9.67 Å². The Morgan fingerprint density at radius 2 is 2.26 bits per heavy atom. The molecule has 2 aromatic rings. The zero-order valence-corrected chi connectivity index (χ0v) is 10.5. The largest absolute Gasteiger partial charge is 0.364 e. The van der Waals surface area contributed by atoms with Gasteiger partial charge in [-0.3, -0.25) is 0 Å². The number of rotatable bonds is 2. The smallest absolute Gasteiger partial charge is 0.186 e. The molecule has 0 saturated carbocycles. The molecule has 1 atom stereocenters. The van der Waals surface area contributed by atoms with Crippen LogP contribution >= 0.6 is 11.6 Å². The van der Waals surface area contributed by atoms with E-state index in [2.05, 4.69) is 20.6 Å². The van der Waals surface area contributed by atoms with E-state index in [4.69, 9.17) is 11.6 Å². The molecule has 0 spiro atoms. The molecule has 0 fully saturated rings. The molecule has 1 aromatic carbocycles. The summed E-state index contributed by atoms with van der Waals surface area (Å²) in [5, 5.41) is 21.6. The monoisotopic (exact) mass is 275 g/mol. The number of nitrogens with zero attached hydrogens (tertiary/aromatic N) is 4. The number of halogens is 1. The van der Waals surface area contributed by atoms with Crippen LogP contribution in [0.5, 0.6) is 0 Å². The minimum Gasteiger partial charge on any atom is -0.364 e. The first-order chi connectivity index (χ1) is 9.19. The van der Waals surface area contributed by atoms with Gasteiger partial charge in [0, 0.05) is 16.8 Å². The van der Waals surface area contributed by atoms with Crippen LogP contribution in [0.3, 0.4) is 0 Å². The molecule has 3 rings (SSSR count). The Labute approximate surface area is 114 Å². The Bertz CT molecular complexity index is 652. The van der Waals surface area contributed by atoms with E-state index in [1.807, 2.05) is 0 Å². The third-order valence-electron chi connectivity index (χ3n) is 2.80. The van der Waals surface area contributed by atoms with Gasteiger partial charge in [0.2, 0.25) is 0 Å². The van der Waals surface area contributed by atoms with E-state index in [1.54, 1.807) is 41.4 Å². The molecule has 1 aromatic heterocycles. The zero-order chi connectivity index (χ0) is 13.3. The molecule has 0 amide bonds. The van der Waals surface area contributed by atoms with Crippen molar-refractivity contribution in [2.24, 2.45) is 4.99 Å². The molecule has 6 nitrogen and oxygen atoms in total. The maximum Gasteiger partial charge on any atom is 0.186 e. The van der Waals surface area contributed by atoms with Crippen molar-refractivity contribution in [1.82, 2.24) is 20.3 Å². The average molecular weight is 276 g/mol. The van der Waals surface area contributed by atoms with Gasteiger partial charge in [-0.15, -0.1) is 5.10 Å². The molecule has 0 saturated heterocycles. The summed E-state index contributed by atoms with van der Waals surface area (Å²) in [7, 11) is 0. The van der Waals surface area contributed by atoms with Gasteiger partial charge < -0.3 is 10.4 Å². The summed E-state index contributed by atoms with van der Waals surface area (Å²) < 4.78 is 1.56. The normalized spacial score (nSPS) is 21.4. The van der Waals surface area contributed by atoms with Gasteiger partial charge in [-0.05, 0) is 24.3 Å². The number of benzene rings is 1. The van der Waals surface area contributed by atoms with Crippen LogP contribution in [0.1, 0.15) is 5.56 Å². The average Bonchev–Trinajstić information content (AvgIpc) is 2.93. The van der Waals surface area contributed by atoms with Crippen molar-refractivity contribution in [3.8, 4) is 5.69 Å². The van der Waals surface area contributed by atoms with Crippen molar-refractivity contribution < 1.29 is 5.11 Å². The van der Waals surface area contributed by atoms with Crippen molar-refractivity contribution in [2.75, 3.05) is 0 Å². The fourth-order valence-corrected chi connectivity index (χ4v) is 2.07. The van der Waals surface area contributed by atoms with Crippen LogP contribution < -0.4 is 5.32 Å². The summed E-state index contributed by atoms with van der Waals surface area (Å²) >= 11 is 6.02. The Hall–Kier alpha value is -2.18. The summed E-state index contributed by atoms with van der Waals surface area (Å²) in [5.74, 6) is 0. The van der Waals surface area contributed by atoms with Crippen LogP contribution in [-0.4, -0.2) is 26.4 Å². The standard InChI is InChI=1S/C12H10ClN5O/c13-9-1-2-11(18-6-5-16-17-18)10(7-9)12(19)3-4-14-8-15-12/h1-8,19H,(H,14,15). The van der Waals surface area contributed by atoms with Gasteiger partial charge in [0.25, 0.3) is 0 Å². The molecule has 2 N–H and O–H groups in total. The predicted molar refractivity (Wildman–Crippen MR) is 71.0 cm³/mol. The Morgan fingerprint density at radius 1 is 1.37 bits per heavy atom. The second kappa shape index (κ2) is 4.49. The summed E-state index contributed by atoms with van der Waals surface area (Å²) in [5.41, 5.74) is -0.141. The maximum atomic E-state index is 10.6. The van der Waals surface area contributed by atoms with Crippen LogP contribution in [-0.2, 0) is 5.72 Å². The quantitative estimate of drug-likeness (QED) is 0.864. The van der Waals surface area contributed by atoms with E-state index in [9.17, 15) is 5.11 Å². The number of hydrogen-bond donors (Lipinski definition) is 2. The maximum absolute atomic E-state index is 10.6. The Morgan fingerprint density at radius 3 is 2.95 bits per heavy atom. The third-order valence-corrected chi connectivity index (χ3v) is 3.03. The first-order valence-corrected chi connectivity index (χ1v) is 5.93. The first-order valence-electron chi connectivity index (χ1n) is 5.55. The van der Waals surface area contributed by atoms with E-state index < -0.39 is 5.72 Å². The lowest BCUT2D eigenvalue weighted by molar-refractivity contribution is 0.0730. The summed E-state index contributed by atoms with van der Waals surface area (Å²) in [6.07, 6.45) is 7.73. The van der Waals surface area contributed by atoms with Crippen molar-refractivity contribution in [1.29, 1.82) is 0 Å². The molecule has 0 aliphatic carbocycles. The van der Waals surface area contributed by atoms with E-state index in [1.165, 1.54) is 12.5 Å². The molecule has 1 unspecified atom stereocenters. The highest BCUT2D eigenvalue weighted by molar-refractivity contribution is 6.30. The van der Waals surface area contributed by atoms with Crippen LogP contribution in [0.25, 0.3) is 5.69 Å². The molecule has 1 aliphatic rings. The van der Waals surface area contributed by atoms with E-state index >= 15 is 0 Å². The molecule has 1 aliphatic heterocycles. The molecular formula is C12H10ClN5O. The number of nitrogens with one attached hydrogen (secondary N) is 1. The SMILES string of the molecule is OC1(c2cc(Cl)ccc2-n2ccnn2)C=CN=CN1. The van der Waals surface area contributed by atoms with Crippen LogP contribution in [0, 0.1) is 0 Å². The molecule has 96 valence electrons. The van der Waals surface area contributed by atoms with Gasteiger partial charge in [-0.2, -0.15) is 0 Å².